The lowest BCUT2D eigenvalue weighted by Crippen LogP contribution is -2.28. The fourth-order valence-corrected chi connectivity index (χ4v) is 5.52. The van der Waals surface area contributed by atoms with Crippen molar-refractivity contribution in [3.05, 3.63) is 91.0 Å². The van der Waals surface area contributed by atoms with E-state index >= 15 is 0 Å². The van der Waals surface area contributed by atoms with Crippen molar-refractivity contribution in [2.45, 2.75) is 5.51 Å². The smallest absolute Gasteiger partial charge is 0.375 e. The van der Waals surface area contributed by atoms with Crippen LogP contribution in [0.4, 0.5) is 13.2 Å². The van der Waals surface area contributed by atoms with Gasteiger partial charge in [-0.25, -0.2) is 0 Å². The van der Waals surface area contributed by atoms with Gasteiger partial charge < -0.3 is 4.18 Å². The predicted octanol–water partition coefficient (Wildman–Crippen LogP) is 7.62. The first-order valence-electron chi connectivity index (χ1n) is 9.86. The topological polar surface area (TPSA) is 43.4 Å². The molecule has 1 heterocycles. The highest BCUT2D eigenvalue weighted by atomic mass is 32.2. The maximum atomic E-state index is 13.4. The van der Waals surface area contributed by atoms with Gasteiger partial charge in [0.25, 0.3) is 0 Å². The average Bonchev–Trinajstić information content (AvgIpc) is 3.17. The molecule has 4 aromatic carbocycles. The van der Waals surface area contributed by atoms with Crippen molar-refractivity contribution < 1.29 is 25.8 Å². The Morgan fingerprint density at radius 1 is 0.727 bits per heavy atom. The van der Waals surface area contributed by atoms with Crippen molar-refractivity contribution in [3.8, 4) is 28.0 Å². The molecule has 0 N–H and O–H groups in total. The molecule has 0 fully saturated rings. The third-order valence-electron chi connectivity index (χ3n) is 5.25. The van der Waals surface area contributed by atoms with Gasteiger partial charge in [-0.3, -0.25) is 0 Å². The first-order valence-corrected chi connectivity index (χ1v) is 12.1. The minimum Gasteiger partial charge on any atom is -0.375 e. The molecule has 5 rings (SSSR count). The number of fused-ring (bicyclic) bond motifs is 3. The monoisotopic (exact) mass is 484 g/mol. The van der Waals surface area contributed by atoms with E-state index in [0.717, 1.165) is 15.5 Å². The molecule has 0 aliphatic heterocycles. The first kappa shape index (κ1) is 21.5. The van der Waals surface area contributed by atoms with Gasteiger partial charge in [-0.05, 0) is 23.3 Å². The number of halogens is 3. The quantitative estimate of drug-likeness (QED) is 0.195. The Hall–Kier alpha value is -3.36. The summed E-state index contributed by atoms with van der Waals surface area (Å²) < 4.78 is 70.9. The van der Waals surface area contributed by atoms with Gasteiger partial charge in [0, 0.05) is 31.3 Å². The van der Waals surface area contributed by atoms with E-state index in [1.165, 1.54) is 11.3 Å². The second-order valence-corrected chi connectivity index (χ2v) is 9.91. The Labute approximate surface area is 191 Å². The lowest BCUT2D eigenvalue weighted by atomic mass is 9.94. The lowest BCUT2D eigenvalue weighted by Gasteiger charge is -2.18. The summed E-state index contributed by atoms with van der Waals surface area (Å²) in [6.07, 6.45) is 0. The van der Waals surface area contributed by atoms with Crippen LogP contribution in [0.1, 0.15) is 0 Å². The van der Waals surface area contributed by atoms with Crippen molar-refractivity contribution >= 4 is 41.6 Å². The number of hydrogen-bond donors (Lipinski definition) is 0. The molecule has 0 amide bonds. The van der Waals surface area contributed by atoms with E-state index in [4.69, 9.17) is 4.18 Å². The standard InChI is InChI=1S/C25H15F3O3S2/c26-25(27,28)33(29,30)31-23-19(16-9-3-1-4-10-16)15-20-18-13-7-8-14-21(18)32-24(20)22(23)17-11-5-2-6-12-17/h1-15H. The fourth-order valence-electron chi connectivity index (χ4n) is 3.78. The highest BCUT2D eigenvalue weighted by molar-refractivity contribution is 7.88. The summed E-state index contributed by atoms with van der Waals surface area (Å²) in [7, 11) is -5.91. The highest BCUT2D eigenvalue weighted by Crippen LogP contribution is 2.50. The number of benzene rings is 4. The number of thiophene rings is 1. The maximum Gasteiger partial charge on any atom is 0.534 e. The lowest BCUT2D eigenvalue weighted by molar-refractivity contribution is -0.0499. The largest absolute Gasteiger partial charge is 0.534 e. The van der Waals surface area contributed by atoms with E-state index < -0.39 is 15.6 Å². The molecule has 0 saturated heterocycles. The second kappa shape index (κ2) is 7.90. The van der Waals surface area contributed by atoms with Gasteiger partial charge >= 0.3 is 15.6 Å². The van der Waals surface area contributed by atoms with Crippen LogP contribution >= 0.6 is 11.3 Å². The second-order valence-electron chi connectivity index (χ2n) is 7.32. The van der Waals surface area contributed by atoms with Crippen molar-refractivity contribution in [2.24, 2.45) is 0 Å². The van der Waals surface area contributed by atoms with Crippen LogP contribution in [-0.2, 0) is 10.1 Å². The third kappa shape index (κ3) is 3.75. The highest BCUT2D eigenvalue weighted by Gasteiger charge is 2.49. The van der Waals surface area contributed by atoms with Gasteiger partial charge in [0.15, 0.2) is 5.75 Å². The van der Waals surface area contributed by atoms with Crippen LogP contribution in [0.2, 0.25) is 0 Å². The summed E-state index contributed by atoms with van der Waals surface area (Å²) in [5.41, 5.74) is -3.90. The average molecular weight is 485 g/mol. The zero-order chi connectivity index (χ0) is 23.2. The van der Waals surface area contributed by atoms with Crippen molar-refractivity contribution in [1.82, 2.24) is 0 Å². The molecule has 0 aliphatic rings. The van der Waals surface area contributed by atoms with Crippen molar-refractivity contribution in [3.63, 3.8) is 0 Å². The molecule has 0 spiro atoms. The van der Waals surface area contributed by atoms with Crippen LogP contribution in [0.15, 0.2) is 91.0 Å². The van der Waals surface area contributed by atoms with Gasteiger partial charge in [-0.1, -0.05) is 78.9 Å². The Morgan fingerprint density at radius 2 is 1.30 bits per heavy atom. The van der Waals surface area contributed by atoms with Crippen LogP contribution in [0, 0.1) is 0 Å². The molecule has 0 atom stereocenters. The SMILES string of the molecule is O=S(=O)(Oc1c(-c2ccccc2)cc2c(sc3ccccc32)c1-c1ccccc1)C(F)(F)F. The summed E-state index contributed by atoms with van der Waals surface area (Å²) >= 11 is 1.38. The van der Waals surface area contributed by atoms with E-state index in [0.29, 0.717) is 21.4 Å². The van der Waals surface area contributed by atoms with Crippen molar-refractivity contribution in [2.75, 3.05) is 0 Å². The molecule has 0 unspecified atom stereocenters. The predicted molar refractivity (Wildman–Crippen MR) is 126 cm³/mol. The van der Waals surface area contributed by atoms with E-state index in [2.05, 4.69) is 0 Å². The van der Waals surface area contributed by atoms with E-state index in [9.17, 15) is 21.6 Å². The van der Waals surface area contributed by atoms with Gasteiger partial charge in [-0.15, -0.1) is 11.3 Å². The van der Waals surface area contributed by atoms with E-state index in [-0.39, 0.29) is 11.3 Å². The molecular formula is C25H15F3O3S2. The maximum absolute atomic E-state index is 13.4. The molecule has 166 valence electrons. The number of alkyl halides is 3. The first-order chi connectivity index (χ1) is 15.8. The Morgan fingerprint density at radius 3 is 1.94 bits per heavy atom. The summed E-state index contributed by atoms with van der Waals surface area (Å²) in [5, 5.41) is 1.74. The third-order valence-corrected chi connectivity index (χ3v) is 7.40. The van der Waals surface area contributed by atoms with Gasteiger partial charge in [0.05, 0.1) is 0 Å². The molecule has 0 radical (unpaired) electrons. The summed E-state index contributed by atoms with van der Waals surface area (Å²) in [6, 6.07) is 26.7. The molecular weight excluding hydrogens is 469 g/mol. The molecule has 8 heteroatoms. The summed E-state index contributed by atoms with van der Waals surface area (Å²) in [6.45, 7) is 0. The Kier molecular flexibility index (Phi) is 5.14. The van der Waals surface area contributed by atoms with Gasteiger partial charge in [0.2, 0.25) is 0 Å². The molecule has 5 aromatic rings. The van der Waals surface area contributed by atoms with Gasteiger partial charge in [0.1, 0.15) is 0 Å². The normalized spacial score (nSPS) is 12.3. The minimum atomic E-state index is -5.91. The van der Waals surface area contributed by atoms with Crippen LogP contribution in [0.3, 0.4) is 0 Å². The summed E-state index contributed by atoms with van der Waals surface area (Å²) in [4.78, 5) is 0. The minimum absolute atomic E-state index is 0.262. The molecule has 0 aliphatic carbocycles. The Balaban J connectivity index is 1.96. The van der Waals surface area contributed by atoms with Crippen LogP contribution in [0.5, 0.6) is 5.75 Å². The molecule has 1 aromatic heterocycles. The van der Waals surface area contributed by atoms with Gasteiger partial charge in [-0.2, -0.15) is 21.6 Å². The van der Waals surface area contributed by atoms with E-state index in [1.807, 2.05) is 24.3 Å². The van der Waals surface area contributed by atoms with E-state index in [1.54, 1.807) is 66.7 Å². The zero-order valence-corrected chi connectivity index (χ0v) is 18.5. The molecule has 33 heavy (non-hydrogen) atoms. The van der Waals surface area contributed by atoms with Crippen LogP contribution in [0.25, 0.3) is 42.4 Å². The van der Waals surface area contributed by atoms with Crippen LogP contribution in [-0.4, -0.2) is 13.9 Å². The molecule has 0 bridgehead atoms. The Bertz CT molecular complexity index is 1570. The summed E-state index contributed by atoms with van der Waals surface area (Å²) in [5.74, 6) is -0.344. The van der Waals surface area contributed by atoms with Crippen molar-refractivity contribution in [1.29, 1.82) is 0 Å². The molecule has 0 saturated carbocycles. The van der Waals surface area contributed by atoms with Crippen LogP contribution < -0.4 is 4.18 Å². The number of hydrogen-bond acceptors (Lipinski definition) is 4. The molecule has 3 nitrogen and oxygen atoms in total. The zero-order valence-electron chi connectivity index (χ0n) is 16.8. The fraction of sp³-hybridized carbons (Fsp3) is 0.0400. The number of rotatable bonds is 4.